The molecule has 4 aliphatic carbocycles. The maximum absolute atomic E-state index is 12.4. The first-order valence-corrected chi connectivity index (χ1v) is 10.2. The number of epoxide rings is 1. The molecule has 5 rings (SSSR count). The molecule has 0 unspecified atom stereocenters. The van der Waals surface area contributed by atoms with Crippen LogP contribution in [0.25, 0.3) is 0 Å². The third-order valence-electron chi connectivity index (χ3n) is 9.33. The molecule has 0 aromatic carbocycles. The van der Waals surface area contributed by atoms with Crippen LogP contribution in [0, 0.1) is 34.5 Å². The van der Waals surface area contributed by atoms with Crippen LogP contribution in [0.5, 0.6) is 0 Å². The first-order valence-electron chi connectivity index (χ1n) is 10.2. The number of hydrogen-bond acceptors (Lipinski definition) is 3. The largest absolute Gasteiger partial charge is 0.369 e. The summed E-state index contributed by atoms with van der Waals surface area (Å²) in [7, 11) is 0. The summed E-state index contributed by atoms with van der Waals surface area (Å²) in [5.41, 5.74) is 1.54. The lowest BCUT2D eigenvalue weighted by Gasteiger charge is -2.60. The molecular formula is C22H30O3. The topological polar surface area (TPSA) is 46.7 Å². The monoisotopic (exact) mass is 342 g/mol. The Morgan fingerprint density at radius 2 is 1.92 bits per heavy atom. The second-order valence-corrected chi connectivity index (χ2v) is 9.98. The fourth-order valence-electron chi connectivity index (χ4n) is 7.85. The number of Topliss-reactive ketones (excluding diaryl/α,β-unsaturated/α-hetero) is 1. The van der Waals surface area contributed by atoms with E-state index in [1.807, 2.05) is 6.08 Å². The number of hydrogen-bond donors (Lipinski definition) is 0. The van der Waals surface area contributed by atoms with Crippen molar-refractivity contribution in [3.05, 3.63) is 11.6 Å². The van der Waals surface area contributed by atoms with Gasteiger partial charge in [0.1, 0.15) is 5.78 Å². The number of carbonyl (C=O) groups is 2. The zero-order chi connectivity index (χ0) is 17.6. The minimum atomic E-state index is -0.0708. The van der Waals surface area contributed by atoms with Gasteiger partial charge < -0.3 is 4.74 Å². The van der Waals surface area contributed by atoms with Gasteiger partial charge in [0.05, 0.1) is 12.2 Å². The number of allylic oxidation sites excluding steroid dienone is 1. The van der Waals surface area contributed by atoms with Crippen molar-refractivity contribution in [3.63, 3.8) is 0 Å². The molecule has 3 nitrogen and oxygen atoms in total. The molecule has 3 saturated carbocycles. The highest BCUT2D eigenvalue weighted by molar-refractivity contribution is 5.91. The number of carbonyl (C=O) groups excluding carboxylic acids is 2. The van der Waals surface area contributed by atoms with Crippen molar-refractivity contribution in [1.82, 2.24) is 0 Å². The molecule has 0 amide bonds. The van der Waals surface area contributed by atoms with Crippen LogP contribution in [-0.4, -0.2) is 23.8 Å². The second-order valence-electron chi connectivity index (χ2n) is 9.98. The highest BCUT2D eigenvalue weighted by Crippen LogP contribution is 2.73. The summed E-state index contributed by atoms with van der Waals surface area (Å²) in [4.78, 5) is 24.4. The lowest BCUT2D eigenvalue weighted by molar-refractivity contribution is -0.138. The third-order valence-corrected chi connectivity index (χ3v) is 9.33. The zero-order valence-electron chi connectivity index (χ0n) is 15.8. The van der Waals surface area contributed by atoms with Crippen LogP contribution in [0.3, 0.4) is 0 Å². The molecule has 4 fully saturated rings. The molecule has 0 aromatic rings. The summed E-state index contributed by atoms with van der Waals surface area (Å²) in [5.74, 6) is 2.79. The standard InChI is InChI=1S/C22H30O3/c1-13(23)17-6-7-18-16-5-4-14-10-15(24)8-9-20(14,2)19(16)11-22(12-25-22)21(17,18)3/h10,16-19H,4-9,11-12H2,1-3H3/t16-,17+,18-,19-,20-,21+,22-/m0/s1. The normalized spacial score (nSPS) is 53.7. The average Bonchev–Trinajstić information content (AvgIpc) is 3.24. The van der Waals surface area contributed by atoms with E-state index in [4.69, 9.17) is 4.74 Å². The molecule has 1 aliphatic heterocycles. The number of fused-ring (bicyclic) bond motifs is 6. The van der Waals surface area contributed by atoms with Crippen molar-refractivity contribution in [2.75, 3.05) is 6.61 Å². The minimum Gasteiger partial charge on any atom is -0.369 e. The molecule has 0 aromatic heterocycles. The van der Waals surface area contributed by atoms with E-state index >= 15 is 0 Å². The van der Waals surface area contributed by atoms with Gasteiger partial charge in [-0.25, -0.2) is 0 Å². The predicted octanol–water partition coefficient (Wildman–Crippen LogP) is 4.10. The summed E-state index contributed by atoms with van der Waals surface area (Å²) in [6.07, 6.45) is 9.28. The third kappa shape index (κ3) is 1.86. The first-order chi connectivity index (χ1) is 11.8. The van der Waals surface area contributed by atoms with Crippen LogP contribution in [-0.2, 0) is 14.3 Å². The molecule has 25 heavy (non-hydrogen) atoms. The Morgan fingerprint density at radius 1 is 1.16 bits per heavy atom. The molecule has 1 saturated heterocycles. The highest BCUT2D eigenvalue weighted by atomic mass is 16.6. The first kappa shape index (κ1) is 16.2. The van der Waals surface area contributed by atoms with Crippen LogP contribution in [0.15, 0.2) is 11.6 Å². The highest BCUT2D eigenvalue weighted by Gasteiger charge is 2.73. The fraction of sp³-hybridized carbons (Fsp3) is 0.818. The summed E-state index contributed by atoms with van der Waals surface area (Å²) in [5, 5.41) is 0. The van der Waals surface area contributed by atoms with Gasteiger partial charge in [-0.1, -0.05) is 19.4 Å². The van der Waals surface area contributed by atoms with Crippen LogP contribution in [0.2, 0.25) is 0 Å². The van der Waals surface area contributed by atoms with Gasteiger partial charge in [-0.3, -0.25) is 9.59 Å². The molecule has 1 spiro atoms. The Labute approximate surface area is 150 Å². The van der Waals surface area contributed by atoms with E-state index in [1.165, 1.54) is 18.4 Å². The molecule has 0 bridgehead atoms. The zero-order valence-corrected chi connectivity index (χ0v) is 15.8. The van der Waals surface area contributed by atoms with Gasteiger partial charge in [-0.05, 0) is 74.7 Å². The molecule has 0 N–H and O–H groups in total. The molecule has 1 heterocycles. The van der Waals surface area contributed by atoms with Crippen molar-refractivity contribution in [2.24, 2.45) is 34.5 Å². The summed E-state index contributed by atoms with van der Waals surface area (Å²) < 4.78 is 6.19. The molecule has 7 atom stereocenters. The number of ketones is 2. The van der Waals surface area contributed by atoms with Gasteiger partial charge in [0.2, 0.25) is 0 Å². The quantitative estimate of drug-likeness (QED) is 0.674. The lowest BCUT2D eigenvalue weighted by Crippen LogP contribution is -2.58. The van der Waals surface area contributed by atoms with E-state index in [0.717, 1.165) is 32.3 Å². The Morgan fingerprint density at radius 3 is 2.60 bits per heavy atom. The predicted molar refractivity (Wildman–Crippen MR) is 94.9 cm³/mol. The van der Waals surface area contributed by atoms with Gasteiger partial charge in [0.25, 0.3) is 0 Å². The van der Waals surface area contributed by atoms with Crippen LogP contribution in [0.4, 0.5) is 0 Å². The second kappa shape index (κ2) is 4.85. The summed E-state index contributed by atoms with van der Waals surface area (Å²) in [6, 6.07) is 0. The SMILES string of the molecule is CC(=O)[C@H]1CC[C@H]2[C@@H]3CCC4=CC(=O)CC[C@]4(C)[C@H]3C[C@]3(CO3)[C@]12C. The average molecular weight is 342 g/mol. The molecule has 5 aliphatic rings. The van der Waals surface area contributed by atoms with E-state index in [9.17, 15) is 9.59 Å². The Balaban J connectivity index is 1.58. The molecule has 136 valence electrons. The van der Waals surface area contributed by atoms with Crippen LogP contribution < -0.4 is 0 Å². The van der Waals surface area contributed by atoms with Gasteiger partial charge in [-0.2, -0.15) is 0 Å². The number of rotatable bonds is 1. The van der Waals surface area contributed by atoms with E-state index in [0.29, 0.717) is 35.7 Å². The Bertz CT molecular complexity index is 687. The van der Waals surface area contributed by atoms with Gasteiger partial charge in [-0.15, -0.1) is 0 Å². The number of ether oxygens (including phenoxy) is 1. The van der Waals surface area contributed by atoms with E-state index in [2.05, 4.69) is 13.8 Å². The van der Waals surface area contributed by atoms with Gasteiger partial charge in [0, 0.05) is 17.8 Å². The Hall–Kier alpha value is -0.960. The van der Waals surface area contributed by atoms with Crippen molar-refractivity contribution >= 4 is 11.6 Å². The maximum Gasteiger partial charge on any atom is 0.155 e. The maximum atomic E-state index is 12.4. The molecule has 0 radical (unpaired) electrons. The van der Waals surface area contributed by atoms with E-state index < -0.39 is 0 Å². The Kier molecular flexibility index (Phi) is 3.15. The van der Waals surface area contributed by atoms with Crippen LogP contribution in [0.1, 0.15) is 65.7 Å². The van der Waals surface area contributed by atoms with Gasteiger partial charge in [0.15, 0.2) is 5.78 Å². The fourth-order valence-corrected chi connectivity index (χ4v) is 7.85. The van der Waals surface area contributed by atoms with Crippen molar-refractivity contribution in [2.45, 2.75) is 71.3 Å². The summed E-state index contributed by atoms with van der Waals surface area (Å²) >= 11 is 0. The van der Waals surface area contributed by atoms with Gasteiger partial charge >= 0.3 is 0 Å². The van der Waals surface area contributed by atoms with Crippen LogP contribution >= 0.6 is 0 Å². The smallest absolute Gasteiger partial charge is 0.155 e. The molecule has 3 heteroatoms. The van der Waals surface area contributed by atoms with E-state index in [-0.39, 0.29) is 22.3 Å². The summed E-state index contributed by atoms with van der Waals surface area (Å²) in [6.45, 7) is 7.41. The van der Waals surface area contributed by atoms with Crippen molar-refractivity contribution in [1.29, 1.82) is 0 Å². The lowest BCUT2D eigenvalue weighted by atomic mass is 9.44. The molecular weight excluding hydrogens is 312 g/mol. The van der Waals surface area contributed by atoms with Crippen molar-refractivity contribution in [3.8, 4) is 0 Å². The minimum absolute atomic E-state index is 0.0298. The van der Waals surface area contributed by atoms with Crippen molar-refractivity contribution < 1.29 is 14.3 Å². The van der Waals surface area contributed by atoms with E-state index in [1.54, 1.807) is 6.92 Å².